The van der Waals surface area contributed by atoms with Gasteiger partial charge in [-0.3, -0.25) is 0 Å². The fourth-order valence-corrected chi connectivity index (χ4v) is 1.72. The molecular formula is C13H21NO2. The Balaban J connectivity index is 2.76. The molecule has 0 radical (unpaired) electrons. The molecule has 0 fully saturated rings. The lowest BCUT2D eigenvalue weighted by Crippen LogP contribution is -2.18. The maximum Gasteiger partial charge on any atom is 0.162 e. The highest BCUT2D eigenvalue weighted by Crippen LogP contribution is 2.30. The van der Waals surface area contributed by atoms with Gasteiger partial charge in [-0.15, -0.1) is 0 Å². The average molecular weight is 223 g/mol. The molecule has 0 amide bonds. The minimum atomic E-state index is 0.271. The second-order valence-electron chi connectivity index (χ2n) is 3.93. The smallest absolute Gasteiger partial charge is 0.162 e. The molecule has 0 spiro atoms. The third-order valence-electron chi connectivity index (χ3n) is 2.43. The third-order valence-corrected chi connectivity index (χ3v) is 2.43. The monoisotopic (exact) mass is 223 g/mol. The lowest BCUT2D eigenvalue weighted by atomic mass is 10.1. The van der Waals surface area contributed by atoms with Crippen LogP contribution in [-0.2, 0) is 6.54 Å². The van der Waals surface area contributed by atoms with Crippen LogP contribution in [0.15, 0.2) is 18.2 Å². The molecule has 16 heavy (non-hydrogen) atoms. The van der Waals surface area contributed by atoms with Gasteiger partial charge >= 0.3 is 0 Å². The summed E-state index contributed by atoms with van der Waals surface area (Å²) in [5.41, 5.74) is 0.918. The van der Waals surface area contributed by atoms with E-state index >= 15 is 0 Å². The van der Waals surface area contributed by atoms with E-state index in [1.165, 1.54) is 0 Å². The van der Waals surface area contributed by atoms with Gasteiger partial charge in [-0.25, -0.2) is 0 Å². The quantitative estimate of drug-likeness (QED) is 0.804. The van der Waals surface area contributed by atoms with Crippen LogP contribution in [0.3, 0.4) is 0 Å². The average Bonchev–Trinajstić information content (AvgIpc) is 2.24. The Labute approximate surface area is 97.7 Å². The molecular weight excluding hydrogens is 202 g/mol. The van der Waals surface area contributed by atoms with Crippen molar-refractivity contribution in [1.82, 2.24) is 4.90 Å². The number of para-hydroxylation sites is 1. The maximum atomic E-state index is 9.99. The largest absolute Gasteiger partial charge is 0.504 e. The number of rotatable bonds is 6. The third kappa shape index (κ3) is 3.42. The molecule has 0 aliphatic carbocycles. The van der Waals surface area contributed by atoms with E-state index < -0.39 is 0 Å². The Bertz CT molecular complexity index is 326. The second-order valence-corrected chi connectivity index (χ2v) is 3.93. The highest BCUT2D eigenvalue weighted by atomic mass is 16.5. The Hall–Kier alpha value is -1.22. The molecule has 1 N–H and O–H groups in total. The van der Waals surface area contributed by atoms with Crippen LogP contribution in [0.2, 0.25) is 0 Å². The number of ether oxygens (including phenoxy) is 1. The number of hydrogen-bond acceptors (Lipinski definition) is 3. The van der Waals surface area contributed by atoms with Gasteiger partial charge in [0.2, 0.25) is 0 Å². The minimum Gasteiger partial charge on any atom is -0.504 e. The predicted molar refractivity (Wildman–Crippen MR) is 65.9 cm³/mol. The van der Waals surface area contributed by atoms with Gasteiger partial charge in [-0.05, 0) is 33.0 Å². The first-order valence-electron chi connectivity index (χ1n) is 5.81. The van der Waals surface area contributed by atoms with E-state index in [0.29, 0.717) is 12.4 Å². The topological polar surface area (TPSA) is 32.7 Å². The summed E-state index contributed by atoms with van der Waals surface area (Å²) in [6.07, 6.45) is 1.11. The first kappa shape index (κ1) is 12.8. The van der Waals surface area contributed by atoms with Gasteiger partial charge < -0.3 is 14.7 Å². The van der Waals surface area contributed by atoms with Crippen molar-refractivity contribution in [3.8, 4) is 11.5 Å². The first-order valence-corrected chi connectivity index (χ1v) is 5.81. The fourth-order valence-electron chi connectivity index (χ4n) is 1.72. The molecule has 0 atom stereocenters. The van der Waals surface area contributed by atoms with Gasteiger partial charge in [0.1, 0.15) is 0 Å². The van der Waals surface area contributed by atoms with E-state index in [1.807, 2.05) is 19.1 Å². The highest BCUT2D eigenvalue weighted by molar-refractivity contribution is 5.45. The van der Waals surface area contributed by atoms with Crippen LogP contribution < -0.4 is 4.74 Å². The lowest BCUT2D eigenvalue weighted by molar-refractivity contribution is 0.301. The van der Waals surface area contributed by atoms with Crippen LogP contribution >= 0.6 is 0 Å². The van der Waals surface area contributed by atoms with E-state index in [1.54, 1.807) is 6.07 Å². The van der Waals surface area contributed by atoms with Crippen LogP contribution in [0.25, 0.3) is 0 Å². The van der Waals surface area contributed by atoms with Crippen molar-refractivity contribution in [2.45, 2.75) is 26.8 Å². The van der Waals surface area contributed by atoms with Crippen molar-refractivity contribution in [2.75, 3.05) is 20.2 Å². The molecule has 3 heteroatoms. The summed E-state index contributed by atoms with van der Waals surface area (Å²) in [4.78, 5) is 2.19. The van der Waals surface area contributed by atoms with Gasteiger partial charge in [-0.1, -0.05) is 19.1 Å². The molecule has 0 saturated heterocycles. The standard InChI is InChI=1S/C13H21NO2/c1-4-9-14(3)10-11-7-6-8-12(13(11)15)16-5-2/h6-8,15H,4-5,9-10H2,1-3H3. The van der Waals surface area contributed by atoms with Crippen molar-refractivity contribution < 1.29 is 9.84 Å². The molecule has 0 aliphatic rings. The molecule has 0 unspecified atom stereocenters. The summed E-state index contributed by atoms with van der Waals surface area (Å²) in [6.45, 7) is 6.41. The summed E-state index contributed by atoms with van der Waals surface area (Å²) in [5.74, 6) is 0.845. The van der Waals surface area contributed by atoms with Gasteiger partial charge in [0.25, 0.3) is 0 Å². The van der Waals surface area contributed by atoms with Crippen LogP contribution in [-0.4, -0.2) is 30.2 Å². The number of nitrogens with zero attached hydrogens (tertiary/aromatic N) is 1. The molecule has 3 nitrogen and oxygen atoms in total. The minimum absolute atomic E-state index is 0.271. The van der Waals surface area contributed by atoms with Crippen molar-refractivity contribution in [3.05, 3.63) is 23.8 Å². The molecule has 1 rings (SSSR count). The molecule has 0 aromatic heterocycles. The van der Waals surface area contributed by atoms with Gasteiger partial charge in [0, 0.05) is 12.1 Å². The summed E-state index contributed by atoms with van der Waals surface area (Å²) in [6, 6.07) is 5.64. The summed E-state index contributed by atoms with van der Waals surface area (Å²) in [5, 5.41) is 9.99. The zero-order chi connectivity index (χ0) is 12.0. The van der Waals surface area contributed by atoms with Crippen LogP contribution in [0, 0.1) is 0 Å². The van der Waals surface area contributed by atoms with Crippen LogP contribution in [0.1, 0.15) is 25.8 Å². The Morgan fingerprint density at radius 2 is 2.06 bits per heavy atom. The molecule has 90 valence electrons. The number of benzene rings is 1. The number of aromatic hydroxyl groups is 1. The SMILES string of the molecule is CCCN(C)Cc1cccc(OCC)c1O. The summed E-state index contributed by atoms with van der Waals surface area (Å²) in [7, 11) is 2.05. The Morgan fingerprint density at radius 1 is 1.31 bits per heavy atom. The Kier molecular flexibility index (Phi) is 5.12. The molecule has 1 aromatic carbocycles. The fraction of sp³-hybridized carbons (Fsp3) is 0.538. The van der Waals surface area contributed by atoms with Crippen molar-refractivity contribution in [2.24, 2.45) is 0 Å². The Morgan fingerprint density at radius 3 is 2.69 bits per heavy atom. The second kappa shape index (κ2) is 6.38. The van der Waals surface area contributed by atoms with Crippen LogP contribution in [0.4, 0.5) is 0 Å². The van der Waals surface area contributed by atoms with E-state index in [2.05, 4.69) is 18.9 Å². The molecule has 0 heterocycles. The number of phenolic OH excluding ortho intramolecular Hbond substituents is 1. The molecule has 0 saturated carbocycles. The molecule has 0 bridgehead atoms. The highest BCUT2D eigenvalue weighted by Gasteiger charge is 2.09. The molecule has 0 aliphatic heterocycles. The number of phenols is 1. The normalized spacial score (nSPS) is 10.8. The van der Waals surface area contributed by atoms with Gasteiger partial charge in [0.05, 0.1) is 6.61 Å². The van der Waals surface area contributed by atoms with E-state index in [0.717, 1.165) is 25.1 Å². The predicted octanol–water partition coefficient (Wildman–Crippen LogP) is 2.63. The zero-order valence-electron chi connectivity index (χ0n) is 10.4. The van der Waals surface area contributed by atoms with Crippen LogP contribution in [0.5, 0.6) is 11.5 Å². The first-order chi connectivity index (χ1) is 7.69. The van der Waals surface area contributed by atoms with Gasteiger partial charge in [-0.2, -0.15) is 0 Å². The van der Waals surface area contributed by atoms with Crippen molar-refractivity contribution >= 4 is 0 Å². The van der Waals surface area contributed by atoms with Crippen molar-refractivity contribution in [3.63, 3.8) is 0 Å². The van der Waals surface area contributed by atoms with Gasteiger partial charge in [0.15, 0.2) is 11.5 Å². The lowest BCUT2D eigenvalue weighted by Gasteiger charge is -2.17. The summed E-state index contributed by atoms with van der Waals surface area (Å²) < 4.78 is 5.35. The maximum absolute atomic E-state index is 9.99. The molecule has 1 aromatic rings. The van der Waals surface area contributed by atoms with E-state index in [9.17, 15) is 5.11 Å². The zero-order valence-corrected chi connectivity index (χ0v) is 10.4. The van der Waals surface area contributed by atoms with E-state index in [4.69, 9.17) is 4.74 Å². The number of hydrogen-bond donors (Lipinski definition) is 1. The summed E-state index contributed by atoms with van der Waals surface area (Å²) >= 11 is 0. The van der Waals surface area contributed by atoms with Crippen molar-refractivity contribution in [1.29, 1.82) is 0 Å². The van der Waals surface area contributed by atoms with E-state index in [-0.39, 0.29) is 5.75 Å².